The predicted molar refractivity (Wildman–Crippen MR) is 78.5 cm³/mol. The van der Waals surface area contributed by atoms with Crippen LogP contribution in [0.5, 0.6) is 0 Å². The topological polar surface area (TPSA) is 32.3 Å². The van der Waals surface area contributed by atoms with Gasteiger partial charge in [-0.2, -0.15) is 0 Å². The van der Waals surface area contributed by atoms with Crippen molar-refractivity contribution in [2.75, 3.05) is 6.54 Å². The Kier molecular flexibility index (Phi) is 5.15. The van der Waals surface area contributed by atoms with Crippen molar-refractivity contribution in [3.63, 3.8) is 0 Å². The molecule has 2 N–H and O–H groups in total. The normalized spacial score (nSPS) is 26.8. The first-order valence-corrected chi connectivity index (χ1v) is 7.87. The van der Waals surface area contributed by atoms with Gasteiger partial charge in [0.25, 0.3) is 0 Å². The molecule has 1 fully saturated rings. The smallest absolute Gasteiger partial charge is 0.146 e. The SMILES string of the molecule is CCCNC1CCC(O)(c2c(F)ccc(Br)c2F)CC1. The zero-order chi connectivity index (χ0) is 14.8. The van der Waals surface area contributed by atoms with Gasteiger partial charge >= 0.3 is 0 Å². The standard InChI is InChI=1S/C15H20BrF2NO/c1-2-9-19-10-5-7-15(20,8-6-10)13-12(17)4-3-11(16)14(13)18/h3-4,10,19-20H,2,5-9H2,1H3. The van der Waals surface area contributed by atoms with Crippen molar-refractivity contribution in [3.8, 4) is 0 Å². The summed E-state index contributed by atoms with van der Waals surface area (Å²) in [7, 11) is 0. The first-order valence-electron chi connectivity index (χ1n) is 7.07. The van der Waals surface area contributed by atoms with E-state index < -0.39 is 17.2 Å². The Morgan fingerprint density at radius 1 is 1.35 bits per heavy atom. The summed E-state index contributed by atoms with van der Waals surface area (Å²) in [6, 6.07) is 2.85. The third kappa shape index (κ3) is 3.21. The highest BCUT2D eigenvalue weighted by Crippen LogP contribution is 2.40. The molecule has 1 aliphatic rings. The monoisotopic (exact) mass is 347 g/mol. The van der Waals surface area contributed by atoms with Crippen LogP contribution in [0.15, 0.2) is 16.6 Å². The van der Waals surface area contributed by atoms with Gasteiger partial charge in [0, 0.05) is 6.04 Å². The molecule has 1 saturated carbocycles. The van der Waals surface area contributed by atoms with Crippen molar-refractivity contribution in [2.45, 2.75) is 50.7 Å². The molecule has 0 aliphatic heterocycles. The molecule has 0 bridgehead atoms. The third-order valence-corrected chi connectivity index (χ3v) is 4.62. The van der Waals surface area contributed by atoms with Crippen LogP contribution < -0.4 is 5.32 Å². The molecule has 0 heterocycles. The summed E-state index contributed by atoms with van der Waals surface area (Å²) < 4.78 is 28.2. The molecule has 0 radical (unpaired) electrons. The van der Waals surface area contributed by atoms with Crippen LogP contribution in [-0.2, 0) is 5.60 Å². The Balaban J connectivity index is 2.16. The fourth-order valence-corrected chi connectivity index (χ4v) is 3.18. The van der Waals surface area contributed by atoms with Gasteiger partial charge in [-0.05, 0) is 66.7 Å². The van der Waals surface area contributed by atoms with Crippen LogP contribution in [0.1, 0.15) is 44.6 Å². The Hall–Kier alpha value is -0.520. The van der Waals surface area contributed by atoms with E-state index in [1.807, 2.05) is 0 Å². The molecule has 0 spiro atoms. The van der Waals surface area contributed by atoms with Crippen molar-refractivity contribution >= 4 is 15.9 Å². The van der Waals surface area contributed by atoms with Gasteiger partial charge in [0.2, 0.25) is 0 Å². The summed E-state index contributed by atoms with van der Waals surface area (Å²) in [5.74, 6) is -1.36. The second-order valence-corrected chi connectivity index (χ2v) is 6.33. The molecule has 1 aromatic carbocycles. The van der Waals surface area contributed by atoms with E-state index in [-0.39, 0.29) is 10.0 Å². The molecule has 2 nitrogen and oxygen atoms in total. The summed E-state index contributed by atoms with van der Waals surface area (Å²) in [6.07, 6.45) is 3.25. The van der Waals surface area contributed by atoms with E-state index in [4.69, 9.17) is 0 Å². The highest BCUT2D eigenvalue weighted by molar-refractivity contribution is 9.10. The fourth-order valence-electron chi connectivity index (χ4n) is 2.85. The van der Waals surface area contributed by atoms with Crippen molar-refractivity contribution in [1.82, 2.24) is 5.32 Å². The second kappa shape index (κ2) is 6.50. The van der Waals surface area contributed by atoms with Gasteiger partial charge in [-0.25, -0.2) is 8.78 Å². The summed E-state index contributed by atoms with van der Waals surface area (Å²) in [5.41, 5.74) is -1.59. The minimum Gasteiger partial charge on any atom is -0.385 e. The molecule has 0 unspecified atom stereocenters. The molecule has 0 atom stereocenters. The first-order chi connectivity index (χ1) is 9.48. The molecular weight excluding hydrogens is 328 g/mol. The Bertz CT molecular complexity index is 473. The van der Waals surface area contributed by atoms with Crippen molar-refractivity contribution in [1.29, 1.82) is 0 Å². The van der Waals surface area contributed by atoms with Gasteiger partial charge in [-0.3, -0.25) is 0 Å². The number of nitrogens with one attached hydrogen (secondary N) is 1. The number of rotatable bonds is 4. The lowest BCUT2D eigenvalue weighted by molar-refractivity contribution is -0.0144. The average Bonchev–Trinajstić information content (AvgIpc) is 2.43. The number of halogens is 3. The van der Waals surface area contributed by atoms with Gasteiger partial charge in [0.15, 0.2) is 0 Å². The highest BCUT2D eigenvalue weighted by atomic mass is 79.9. The maximum atomic E-state index is 14.1. The maximum Gasteiger partial charge on any atom is 0.146 e. The van der Waals surface area contributed by atoms with Crippen LogP contribution in [0, 0.1) is 11.6 Å². The number of benzene rings is 1. The molecular formula is C15H20BrF2NO. The van der Waals surface area contributed by atoms with Gasteiger partial charge in [0.1, 0.15) is 11.6 Å². The number of hydrogen-bond acceptors (Lipinski definition) is 2. The molecule has 0 amide bonds. The summed E-state index contributed by atoms with van der Waals surface area (Å²) in [5, 5.41) is 14.0. The van der Waals surface area contributed by atoms with Crippen LogP contribution in [0.4, 0.5) is 8.78 Å². The lowest BCUT2D eigenvalue weighted by atomic mass is 9.77. The van der Waals surface area contributed by atoms with Gasteiger partial charge in [0.05, 0.1) is 15.6 Å². The van der Waals surface area contributed by atoms with Crippen LogP contribution in [0.25, 0.3) is 0 Å². The van der Waals surface area contributed by atoms with E-state index in [0.29, 0.717) is 18.9 Å². The van der Waals surface area contributed by atoms with E-state index in [0.717, 1.165) is 25.8 Å². The quantitative estimate of drug-likeness (QED) is 0.810. The molecule has 5 heteroatoms. The fraction of sp³-hybridized carbons (Fsp3) is 0.600. The van der Waals surface area contributed by atoms with E-state index in [1.165, 1.54) is 12.1 Å². The van der Waals surface area contributed by atoms with Gasteiger partial charge in [-0.15, -0.1) is 0 Å². The van der Waals surface area contributed by atoms with Crippen LogP contribution in [0.3, 0.4) is 0 Å². The summed E-state index contributed by atoms with van der Waals surface area (Å²) >= 11 is 3.05. The summed E-state index contributed by atoms with van der Waals surface area (Å²) in [6.45, 7) is 3.03. The summed E-state index contributed by atoms with van der Waals surface area (Å²) in [4.78, 5) is 0. The van der Waals surface area contributed by atoms with E-state index in [1.54, 1.807) is 0 Å². The van der Waals surface area contributed by atoms with E-state index >= 15 is 0 Å². The van der Waals surface area contributed by atoms with Crippen LogP contribution in [-0.4, -0.2) is 17.7 Å². The molecule has 1 aromatic rings. The predicted octanol–water partition coefficient (Wildman–Crippen LogP) is 3.86. The molecule has 1 aliphatic carbocycles. The minimum absolute atomic E-state index is 0.188. The largest absolute Gasteiger partial charge is 0.385 e. The number of hydrogen-bond donors (Lipinski definition) is 2. The van der Waals surface area contributed by atoms with E-state index in [9.17, 15) is 13.9 Å². The second-order valence-electron chi connectivity index (χ2n) is 5.48. The molecule has 112 valence electrons. The highest BCUT2D eigenvalue weighted by Gasteiger charge is 2.39. The van der Waals surface area contributed by atoms with Crippen molar-refractivity contribution in [2.24, 2.45) is 0 Å². The first kappa shape index (κ1) is 15.9. The average molecular weight is 348 g/mol. The maximum absolute atomic E-state index is 14.1. The van der Waals surface area contributed by atoms with Crippen molar-refractivity contribution < 1.29 is 13.9 Å². The zero-order valence-corrected chi connectivity index (χ0v) is 13.1. The Morgan fingerprint density at radius 2 is 2.00 bits per heavy atom. The van der Waals surface area contributed by atoms with Gasteiger partial charge in [-0.1, -0.05) is 6.92 Å². The van der Waals surface area contributed by atoms with E-state index in [2.05, 4.69) is 28.2 Å². The molecule has 20 heavy (non-hydrogen) atoms. The lowest BCUT2D eigenvalue weighted by Crippen LogP contribution is -2.41. The number of aliphatic hydroxyl groups is 1. The van der Waals surface area contributed by atoms with Gasteiger partial charge < -0.3 is 10.4 Å². The Morgan fingerprint density at radius 3 is 2.60 bits per heavy atom. The lowest BCUT2D eigenvalue weighted by Gasteiger charge is -2.37. The zero-order valence-electron chi connectivity index (χ0n) is 11.6. The molecule has 0 saturated heterocycles. The molecule has 2 rings (SSSR count). The minimum atomic E-state index is -1.40. The molecule has 0 aromatic heterocycles. The Labute approximate surface area is 126 Å². The van der Waals surface area contributed by atoms with Crippen molar-refractivity contribution in [3.05, 3.63) is 33.8 Å². The van der Waals surface area contributed by atoms with Crippen LogP contribution >= 0.6 is 15.9 Å². The third-order valence-electron chi connectivity index (χ3n) is 4.01. The van der Waals surface area contributed by atoms with Crippen LogP contribution in [0.2, 0.25) is 0 Å².